The van der Waals surface area contributed by atoms with Crippen molar-refractivity contribution in [2.24, 2.45) is 0 Å². The molecule has 0 N–H and O–H groups in total. The SMILES string of the molecule is O=S(=O)(c1cc(Br)ccc1F)N(Cc1cccnc1)C1CC1. The maximum Gasteiger partial charge on any atom is 0.246 e. The first-order chi connectivity index (χ1) is 10.5. The number of nitrogens with zero attached hydrogens (tertiary/aromatic N) is 2. The van der Waals surface area contributed by atoms with Crippen LogP contribution in [0.4, 0.5) is 4.39 Å². The Morgan fingerprint density at radius 2 is 2.09 bits per heavy atom. The Hall–Kier alpha value is -1.31. The summed E-state index contributed by atoms with van der Waals surface area (Å²) in [5, 5.41) is 0. The van der Waals surface area contributed by atoms with Gasteiger partial charge in [-0.1, -0.05) is 22.0 Å². The number of benzene rings is 1. The monoisotopic (exact) mass is 384 g/mol. The second kappa shape index (κ2) is 6.06. The molecule has 0 spiro atoms. The van der Waals surface area contributed by atoms with Gasteiger partial charge < -0.3 is 0 Å². The average Bonchev–Trinajstić information content (AvgIpc) is 3.32. The molecule has 1 heterocycles. The zero-order valence-corrected chi connectivity index (χ0v) is 14.0. The van der Waals surface area contributed by atoms with Crippen LogP contribution in [0.15, 0.2) is 52.1 Å². The molecule has 0 bridgehead atoms. The van der Waals surface area contributed by atoms with E-state index in [0.717, 1.165) is 24.5 Å². The van der Waals surface area contributed by atoms with Crippen molar-refractivity contribution in [3.8, 4) is 0 Å². The predicted molar refractivity (Wildman–Crippen MR) is 84.1 cm³/mol. The fraction of sp³-hybridized carbons (Fsp3) is 0.267. The van der Waals surface area contributed by atoms with Crippen LogP contribution >= 0.6 is 15.9 Å². The number of hydrogen-bond acceptors (Lipinski definition) is 3. The molecule has 0 unspecified atom stereocenters. The minimum absolute atomic E-state index is 0.0661. The number of pyridine rings is 1. The molecule has 4 nitrogen and oxygen atoms in total. The van der Waals surface area contributed by atoms with Gasteiger partial charge in [-0.2, -0.15) is 4.31 Å². The number of hydrogen-bond donors (Lipinski definition) is 0. The molecule has 7 heteroatoms. The molecule has 22 heavy (non-hydrogen) atoms. The van der Waals surface area contributed by atoms with Crippen LogP contribution in [-0.4, -0.2) is 23.7 Å². The Balaban J connectivity index is 1.98. The summed E-state index contributed by atoms with van der Waals surface area (Å²) in [4.78, 5) is 3.71. The summed E-state index contributed by atoms with van der Waals surface area (Å²) in [6, 6.07) is 7.46. The zero-order valence-electron chi connectivity index (χ0n) is 11.6. The fourth-order valence-corrected chi connectivity index (χ4v) is 4.52. The Morgan fingerprint density at radius 3 is 2.73 bits per heavy atom. The molecule has 1 aliphatic carbocycles. The van der Waals surface area contributed by atoms with Crippen LogP contribution in [0.3, 0.4) is 0 Å². The van der Waals surface area contributed by atoms with Crippen LogP contribution in [0, 0.1) is 5.82 Å². The standard InChI is InChI=1S/C15H14BrFN2O2S/c16-12-3-6-14(17)15(8-12)22(20,21)19(13-4-5-13)10-11-2-1-7-18-9-11/h1-3,6-9,13H,4-5,10H2. The van der Waals surface area contributed by atoms with Crippen LogP contribution in [-0.2, 0) is 16.6 Å². The van der Waals surface area contributed by atoms with E-state index in [9.17, 15) is 12.8 Å². The van der Waals surface area contributed by atoms with Crippen molar-refractivity contribution in [1.82, 2.24) is 9.29 Å². The van der Waals surface area contributed by atoms with E-state index >= 15 is 0 Å². The molecule has 116 valence electrons. The third-order valence-corrected chi connectivity index (χ3v) is 5.90. The van der Waals surface area contributed by atoms with E-state index in [-0.39, 0.29) is 17.5 Å². The molecule has 1 aromatic heterocycles. The second-order valence-electron chi connectivity index (χ2n) is 5.22. The third-order valence-electron chi connectivity index (χ3n) is 3.50. The molecule has 0 amide bonds. The lowest BCUT2D eigenvalue weighted by Gasteiger charge is -2.22. The molecule has 0 radical (unpaired) electrons. The van der Waals surface area contributed by atoms with Crippen molar-refractivity contribution < 1.29 is 12.8 Å². The largest absolute Gasteiger partial charge is 0.264 e. The number of halogens is 2. The first-order valence-corrected chi connectivity index (χ1v) is 9.07. The Bertz CT molecular complexity index is 779. The highest BCUT2D eigenvalue weighted by Crippen LogP contribution is 2.34. The van der Waals surface area contributed by atoms with Gasteiger partial charge in [0.05, 0.1) is 0 Å². The van der Waals surface area contributed by atoms with Gasteiger partial charge in [0.15, 0.2) is 0 Å². The molecule has 2 aromatic rings. The molecule has 0 atom stereocenters. The second-order valence-corrected chi connectivity index (χ2v) is 7.99. The first kappa shape index (κ1) is 15.6. The van der Waals surface area contributed by atoms with Crippen molar-refractivity contribution in [3.63, 3.8) is 0 Å². The van der Waals surface area contributed by atoms with Gasteiger partial charge in [-0.05, 0) is 42.7 Å². The van der Waals surface area contributed by atoms with Gasteiger partial charge in [-0.25, -0.2) is 12.8 Å². The summed E-state index contributed by atoms with van der Waals surface area (Å²) >= 11 is 3.20. The van der Waals surface area contributed by atoms with E-state index in [4.69, 9.17) is 0 Å². The number of aromatic nitrogens is 1. The highest BCUT2D eigenvalue weighted by atomic mass is 79.9. The average molecular weight is 385 g/mol. The Labute approximate surface area is 137 Å². The highest BCUT2D eigenvalue weighted by molar-refractivity contribution is 9.10. The van der Waals surface area contributed by atoms with E-state index in [1.54, 1.807) is 18.5 Å². The maximum atomic E-state index is 14.0. The van der Waals surface area contributed by atoms with E-state index < -0.39 is 15.8 Å². The minimum atomic E-state index is -3.89. The Kier molecular flexibility index (Phi) is 4.29. The van der Waals surface area contributed by atoms with Gasteiger partial charge in [0.1, 0.15) is 10.7 Å². The maximum absolute atomic E-state index is 14.0. The fourth-order valence-electron chi connectivity index (χ4n) is 2.25. The van der Waals surface area contributed by atoms with Gasteiger partial charge in [0, 0.05) is 29.5 Å². The van der Waals surface area contributed by atoms with Crippen LogP contribution < -0.4 is 0 Å². The van der Waals surface area contributed by atoms with E-state index in [1.807, 2.05) is 6.07 Å². The van der Waals surface area contributed by atoms with Crippen molar-refractivity contribution in [3.05, 3.63) is 58.6 Å². The summed E-state index contributed by atoms with van der Waals surface area (Å²) in [6.45, 7) is 0.201. The minimum Gasteiger partial charge on any atom is -0.264 e. The summed E-state index contributed by atoms with van der Waals surface area (Å²) in [6.07, 6.45) is 4.86. The lowest BCUT2D eigenvalue weighted by molar-refractivity contribution is 0.395. The number of sulfonamides is 1. The van der Waals surface area contributed by atoms with Gasteiger partial charge in [0.25, 0.3) is 0 Å². The molecule has 0 aliphatic heterocycles. The highest BCUT2D eigenvalue weighted by Gasteiger charge is 2.39. The van der Waals surface area contributed by atoms with Crippen LogP contribution in [0.2, 0.25) is 0 Å². The Morgan fingerprint density at radius 1 is 1.32 bits per heavy atom. The normalized spacial score (nSPS) is 15.2. The van der Waals surface area contributed by atoms with Crippen molar-refractivity contribution in [1.29, 1.82) is 0 Å². The van der Waals surface area contributed by atoms with Crippen LogP contribution in [0.5, 0.6) is 0 Å². The molecule has 1 saturated carbocycles. The molecular formula is C15H14BrFN2O2S. The summed E-state index contributed by atoms with van der Waals surface area (Å²) in [5.41, 5.74) is 0.786. The van der Waals surface area contributed by atoms with E-state index in [1.165, 1.54) is 16.4 Å². The summed E-state index contributed by atoms with van der Waals surface area (Å²) < 4.78 is 41.6. The number of rotatable bonds is 5. The molecular weight excluding hydrogens is 371 g/mol. The quantitative estimate of drug-likeness (QED) is 0.794. The van der Waals surface area contributed by atoms with Crippen molar-refractivity contribution >= 4 is 26.0 Å². The topological polar surface area (TPSA) is 50.3 Å². The molecule has 1 fully saturated rings. The summed E-state index contributed by atoms with van der Waals surface area (Å²) in [5.74, 6) is -0.736. The first-order valence-electron chi connectivity index (χ1n) is 6.84. The zero-order chi connectivity index (χ0) is 15.7. The smallest absolute Gasteiger partial charge is 0.246 e. The van der Waals surface area contributed by atoms with Gasteiger partial charge in [-0.3, -0.25) is 4.98 Å². The van der Waals surface area contributed by atoms with Crippen molar-refractivity contribution in [2.45, 2.75) is 30.3 Å². The molecule has 3 rings (SSSR count). The van der Waals surface area contributed by atoms with Crippen LogP contribution in [0.1, 0.15) is 18.4 Å². The van der Waals surface area contributed by atoms with Gasteiger partial charge in [-0.15, -0.1) is 0 Å². The van der Waals surface area contributed by atoms with Gasteiger partial charge in [0.2, 0.25) is 10.0 Å². The van der Waals surface area contributed by atoms with Gasteiger partial charge >= 0.3 is 0 Å². The predicted octanol–water partition coefficient (Wildman–Crippen LogP) is 3.34. The third kappa shape index (κ3) is 3.21. The van der Waals surface area contributed by atoms with Crippen molar-refractivity contribution in [2.75, 3.05) is 0 Å². The molecule has 1 aromatic carbocycles. The van der Waals surface area contributed by atoms with Crippen LogP contribution in [0.25, 0.3) is 0 Å². The lowest BCUT2D eigenvalue weighted by Crippen LogP contribution is -2.33. The molecule has 1 aliphatic rings. The lowest BCUT2D eigenvalue weighted by atomic mass is 10.3. The van der Waals surface area contributed by atoms with E-state index in [0.29, 0.717) is 4.47 Å². The summed E-state index contributed by atoms with van der Waals surface area (Å²) in [7, 11) is -3.89. The van der Waals surface area contributed by atoms with E-state index in [2.05, 4.69) is 20.9 Å². The molecule has 0 saturated heterocycles.